The molecule has 0 saturated carbocycles. The minimum Gasteiger partial charge on any atom is -0.497 e. The Balaban J connectivity index is 1.15. The molecule has 0 aromatic heterocycles. The van der Waals surface area contributed by atoms with Crippen molar-refractivity contribution in [2.75, 3.05) is 12.0 Å². The van der Waals surface area contributed by atoms with Crippen LogP contribution in [0.15, 0.2) is 140 Å². The van der Waals surface area contributed by atoms with Crippen molar-refractivity contribution < 1.29 is 14.3 Å². The molecule has 1 aliphatic carbocycles. The molecule has 4 nitrogen and oxygen atoms in total. The Morgan fingerprint density at radius 2 is 0.980 bits per heavy atom. The van der Waals surface area contributed by atoms with Crippen LogP contribution in [0.1, 0.15) is 54.2 Å². The lowest BCUT2D eigenvalue weighted by Crippen LogP contribution is -2.16. The predicted octanol–water partition coefficient (Wildman–Crippen LogP) is 11.0. The van der Waals surface area contributed by atoms with Gasteiger partial charge in [0, 0.05) is 29.4 Å². The van der Waals surface area contributed by atoms with Crippen molar-refractivity contribution in [1.29, 1.82) is 0 Å². The minimum absolute atomic E-state index is 0.0842. The molecule has 0 N–H and O–H groups in total. The summed E-state index contributed by atoms with van der Waals surface area (Å²) in [4.78, 5) is 13.6. The first-order valence-corrected chi connectivity index (χ1v) is 17.4. The zero-order valence-electron chi connectivity index (χ0n) is 29.3. The van der Waals surface area contributed by atoms with Crippen molar-refractivity contribution in [2.45, 2.75) is 51.9 Å². The first-order chi connectivity index (χ1) is 24.3. The monoisotopic (exact) mass is 657 g/mol. The molecule has 1 aliphatic rings. The average molecular weight is 658 g/mol. The van der Waals surface area contributed by atoms with Crippen molar-refractivity contribution in [3.8, 4) is 22.6 Å². The molecule has 0 atom stereocenters. The summed E-state index contributed by atoms with van der Waals surface area (Å²) >= 11 is 0. The van der Waals surface area contributed by atoms with Crippen LogP contribution in [0.25, 0.3) is 11.1 Å². The number of methoxy groups -OCH3 is 1. The third kappa shape index (κ3) is 6.93. The fourth-order valence-electron chi connectivity index (χ4n) is 7.16. The number of nitrogens with zero attached hydrogens (tertiary/aromatic N) is 1. The maximum absolute atomic E-state index is 11.3. The molecular weight excluding hydrogens is 615 g/mol. The van der Waals surface area contributed by atoms with E-state index in [4.69, 9.17) is 9.47 Å². The van der Waals surface area contributed by atoms with Crippen molar-refractivity contribution in [3.05, 3.63) is 173 Å². The van der Waals surface area contributed by atoms with Crippen LogP contribution in [0.3, 0.4) is 0 Å². The van der Waals surface area contributed by atoms with Gasteiger partial charge in [-0.15, -0.1) is 0 Å². The highest BCUT2D eigenvalue weighted by Gasteiger charge is 2.35. The Morgan fingerprint density at radius 3 is 1.48 bits per heavy atom. The zero-order valence-corrected chi connectivity index (χ0v) is 29.3. The first-order valence-electron chi connectivity index (χ1n) is 17.4. The number of hydrogen-bond acceptors (Lipinski definition) is 4. The second kappa shape index (κ2) is 14.1. The van der Waals surface area contributed by atoms with E-state index in [1.54, 1.807) is 7.11 Å². The fourth-order valence-corrected chi connectivity index (χ4v) is 7.16. The number of carbonyl (C=O) groups excluding carboxylic acids is 1. The van der Waals surface area contributed by atoms with Gasteiger partial charge in [0.1, 0.15) is 11.5 Å². The Bertz CT molecular complexity index is 2090. The molecule has 250 valence electrons. The third-order valence-corrected chi connectivity index (χ3v) is 9.96. The smallest absolute Gasteiger partial charge is 0.308 e. The highest BCUT2D eigenvalue weighted by molar-refractivity contribution is 5.85. The summed E-state index contributed by atoms with van der Waals surface area (Å²) in [6, 6.07) is 49.9. The van der Waals surface area contributed by atoms with Crippen LogP contribution >= 0.6 is 0 Å². The Hall–Kier alpha value is -5.61. The van der Waals surface area contributed by atoms with E-state index in [2.05, 4.69) is 122 Å². The average Bonchev–Trinajstić information content (AvgIpc) is 3.37. The van der Waals surface area contributed by atoms with Crippen LogP contribution in [0.2, 0.25) is 0 Å². The second-order valence-corrected chi connectivity index (χ2v) is 13.7. The van der Waals surface area contributed by atoms with Gasteiger partial charge in [-0.3, -0.25) is 4.79 Å². The molecule has 6 aromatic rings. The fraction of sp³-hybridized carbons (Fsp3) is 0.196. The van der Waals surface area contributed by atoms with Crippen molar-refractivity contribution in [1.82, 2.24) is 0 Å². The molecule has 0 heterocycles. The van der Waals surface area contributed by atoms with E-state index in [1.165, 1.54) is 51.4 Å². The standard InChI is InChI=1S/C46H43NO3/c1-32(48)50-41-28-19-36(20-29-41)12-10-34-15-23-38(24-16-34)47(37-21-13-33(14-22-37)9-11-35-17-26-40(49-4)27-18-35)39-25-30-43-42-7-5-6-8-44(42)46(2,3)45(43)31-39/h5-8,13-31H,9-12H2,1-4H3. The lowest BCUT2D eigenvalue weighted by atomic mass is 9.82. The molecule has 0 radical (unpaired) electrons. The van der Waals surface area contributed by atoms with Crippen LogP contribution in [-0.4, -0.2) is 13.1 Å². The number of aryl methyl sites for hydroxylation is 4. The summed E-state index contributed by atoms with van der Waals surface area (Å²) in [6.45, 7) is 6.09. The summed E-state index contributed by atoms with van der Waals surface area (Å²) in [5.74, 6) is 1.16. The van der Waals surface area contributed by atoms with Crippen molar-refractivity contribution >= 4 is 23.0 Å². The molecule has 0 unspecified atom stereocenters. The number of esters is 1. The summed E-state index contributed by atoms with van der Waals surface area (Å²) < 4.78 is 10.5. The molecule has 0 amide bonds. The van der Waals surface area contributed by atoms with E-state index < -0.39 is 0 Å². The first kappa shape index (κ1) is 32.9. The lowest BCUT2D eigenvalue weighted by molar-refractivity contribution is -0.131. The van der Waals surface area contributed by atoms with Crippen LogP contribution in [-0.2, 0) is 35.9 Å². The molecule has 0 fully saturated rings. The Labute approximate surface area is 296 Å². The van der Waals surface area contributed by atoms with E-state index in [-0.39, 0.29) is 11.4 Å². The van der Waals surface area contributed by atoms with E-state index >= 15 is 0 Å². The summed E-state index contributed by atoms with van der Waals surface area (Å²) in [5.41, 5.74) is 13.8. The molecular formula is C46H43NO3. The van der Waals surface area contributed by atoms with Crippen LogP contribution in [0.4, 0.5) is 17.1 Å². The Morgan fingerprint density at radius 1 is 0.540 bits per heavy atom. The van der Waals surface area contributed by atoms with Gasteiger partial charge in [-0.2, -0.15) is 0 Å². The molecule has 4 heteroatoms. The number of carbonyl (C=O) groups is 1. The van der Waals surface area contributed by atoms with Crippen LogP contribution in [0, 0.1) is 0 Å². The maximum atomic E-state index is 11.3. The molecule has 0 spiro atoms. The summed E-state index contributed by atoms with van der Waals surface area (Å²) in [5, 5.41) is 0. The van der Waals surface area contributed by atoms with Crippen LogP contribution in [0.5, 0.6) is 11.5 Å². The highest BCUT2D eigenvalue weighted by Crippen LogP contribution is 2.50. The van der Waals surface area contributed by atoms with Gasteiger partial charge in [-0.05, 0) is 131 Å². The van der Waals surface area contributed by atoms with Gasteiger partial charge in [0.15, 0.2) is 0 Å². The largest absolute Gasteiger partial charge is 0.497 e. The number of benzene rings is 6. The number of ether oxygens (including phenoxy) is 2. The predicted molar refractivity (Wildman–Crippen MR) is 204 cm³/mol. The summed E-state index contributed by atoms with van der Waals surface area (Å²) in [6.07, 6.45) is 3.77. The molecule has 0 bridgehead atoms. The van der Waals surface area contributed by atoms with Gasteiger partial charge in [0.05, 0.1) is 7.11 Å². The van der Waals surface area contributed by atoms with Gasteiger partial charge in [-0.1, -0.05) is 92.7 Å². The molecule has 7 rings (SSSR count). The van der Waals surface area contributed by atoms with Crippen LogP contribution < -0.4 is 14.4 Å². The van der Waals surface area contributed by atoms with Gasteiger partial charge >= 0.3 is 5.97 Å². The third-order valence-electron chi connectivity index (χ3n) is 9.96. The number of anilines is 3. The number of fused-ring (bicyclic) bond motifs is 3. The molecule has 0 saturated heterocycles. The maximum Gasteiger partial charge on any atom is 0.308 e. The molecule has 50 heavy (non-hydrogen) atoms. The summed E-state index contributed by atoms with van der Waals surface area (Å²) in [7, 11) is 1.70. The van der Waals surface area contributed by atoms with Crippen molar-refractivity contribution in [3.63, 3.8) is 0 Å². The van der Waals surface area contributed by atoms with E-state index in [1.807, 2.05) is 36.4 Å². The molecule has 6 aromatic carbocycles. The van der Waals surface area contributed by atoms with E-state index in [0.29, 0.717) is 5.75 Å². The van der Waals surface area contributed by atoms with E-state index in [0.717, 1.165) is 48.5 Å². The lowest BCUT2D eigenvalue weighted by Gasteiger charge is -2.28. The second-order valence-electron chi connectivity index (χ2n) is 13.7. The number of rotatable bonds is 11. The van der Waals surface area contributed by atoms with Gasteiger partial charge < -0.3 is 14.4 Å². The Kier molecular flexibility index (Phi) is 9.27. The van der Waals surface area contributed by atoms with Gasteiger partial charge in [-0.25, -0.2) is 0 Å². The zero-order chi connectivity index (χ0) is 34.7. The normalized spacial score (nSPS) is 12.6. The minimum atomic E-state index is -0.304. The van der Waals surface area contributed by atoms with E-state index in [9.17, 15) is 4.79 Å². The SMILES string of the molecule is COc1ccc(CCc2ccc(N(c3ccc(CCc4ccc(OC(C)=O)cc4)cc3)c3ccc4c(c3)C(C)(C)c3ccccc3-4)cc2)cc1. The topological polar surface area (TPSA) is 38.8 Å². The molecule has 0 aliphatic heterocycles. The quantitative estimate of drug-likeness (QED) is 0.103. The van der Waals surface area contributed by atoms with Gasteiger partial charge in [0.2, 0.25) is 0 Å². The van der Waals surface area contributed by atoms with Gasteiger partial charge in [0.25, 0.3) is 0 Å². The highest BCUT2D eigenvalue weighted by atomic mass is 16.5. The van der Waals surface area contributed by atoms with Crippen molar-refractivity contribution in [2.24, 2.45) is 0 Å². The number of hydrogen-bond donors (Lipinski definition) is 0.